The van der Waals surface area contributed by atoms with Crippen LogP contribution in [0.3, 0.4) is 0 Å². The molecule has 3 rings (SSSR count). The van der Waals surface area contributed by atoms with Gasteiger partial charge in [-0.2, -0.15) is 4.68 Å². The lowest BCUT2D eigenvalue weighted by Crippen LogP contribution is -2.30. The van der Waals surface area contributed by atoms with Gasteiger partial charge in [-0.15, -0.1) is 16.4 Å². The van der Waals surface area contributed by atoms with Gasteiger partial charge in [0.25, 0.3) is 11.8 Å². The first-order valence-electron chi connectivity index (χ1n) is 9.03. The third-order valence-electron chi connectivity index (χ3n) is 4.18. The molecule has 9 heteroatoms. The van der Waals surface area contributed by atoms with Crippen LogP contribution < -0.4 is 11.1 Å². The number of anilines is 1. The maximum Gasteiger partial charge on any atom is 0.437 e. The monoisotopic (exact) mass is 415 g/mol. The maximum atomic E-state index is 12.3. The number of hydrogen-bond donors (Lipinski definition) is 1. The normalized spacial score (nSPS) is 11.8. The van der Waals surface area contributed by atoms with Crippen LogP contribution in [0.5, 0.6) is 0 Å². The zero-order chi connectivity index (χ0) is 21.0. The van der Waals surface area contributed by atoms with Crippen molar-refractivity contribution in [3.63, 3.8) is 0 Å². The van der Waals surface area contributed by atoms with Crippen molar-refractivity contribution < 1.29 is 18.7 Å². The van der Waals surface area contributed by atoms with E-state index in [1.807, 2.05) is 37.4 Å². The van der Waals surface area contributed by atoms with Gasteiger partial charge >= 0.3 is 11.7 Å². The standard InChI is InChI=1S/C20H21N3O5S/c1-12-6-7-15(13(2)11-12)21-18(25)14(3)27-17(24)8-9-23-20(26)28-19(22-23)16-5-4-10-29-16/h4-7,10-11,14H,8-9H2,1-3H3,(H,21,25)/t14-/m0/s1. The highest BCUT2D eigenvalue weighted by molar-refractivity contribution is 7.13. The van der Waals surface area contributed by atoms with Gasteiger partial charge in [0, 0.05) is 5.69 Å². The van der Waals surface area contributed by atoms with Gasteiger partial charge in [-0.05, 0) is 43.8 Å². The van der Waals surface area contributed by atoms with Gasteiger partial charge in [-0.1, -0.05) is 23.8 Å². The lowest BCUT2D eigenvalue weighted by Gasteiger charge is -2.15. The Balaban J connectivity index is 1.52. The van der Waals surface area contributed by atoms with E-state index in [0.717, 1.165) is 20.7 Å². The first kappa shape index (κ1) is 20.5. The molecule has 2 aromatic heterocycles. The quantitative estimate of drug-likeness (QED) is 0.595. The van der Waals surface area contributed by atoms with Crippen molar-refractivity contribution in [2.75, 3.05) is 5.32 Å². The van der Waals surface area contributed by atoms with E-state index in [2.05, 4.69) is 10.4 Å². The molecule has 8 nitrogen and oxygen atoms in total. The molecule has 0 fully saturated rings. The number of carbonyl (C=O) groups is 2. The minimum atomic E-state index is -0.973. The fraction of sp³-hybridized carbons (Fsp3) is 0.300. The van der Waals surface area contributed by atoms with Crippen LogP contribution >= 0.6 is 11.3 Å². The largest absolute Gasteiger partial charge is 0.452 e. The summed E-state index contributed by atoms with van der Waals surface area (Å²) < 4.78 is 11.3. The molecule has 0 unspecified atom stereocenters. The maximum absolute atomic E-state index is 12.3. The Morgan fingerprint density at radius 2 is 2.10 bits per heavy atom. The van der Waals surface area contributed by atoms with Gasteiger partial charge in [0.05, 0.1) is 17.8 Å². The number of esters is 1. The second-order valence-corrected chi connectivity index (χ2v) is 7.51. The molecule has 0 bridgehead atoms. The predicted molar refractivity (Wildman–Crippen MR) is 109 cm³/mol. The van der Waals surface area contributed by atoms with E-state index in [-0.39, 0.29) is 18.9 Å². The molecular formula is C20H21N3O5S. The molecule has 0 radical (unpaired) electrons. The summed E-state index contributed by atoms with van der Waals surface area (Å²) in [5.74, 6) is -1.48. The minimum Gasteiger partial charge on any atom is -0.452 e. The SMILES string of the molecule is Cc1ccc(NC(=O)[C@H](C)OC(=O)CCn2nc(-c3cccs3)oc2=O)c(C)c1. The summed E-state index contributed by atoms with van der Waals surface area (Å²) in [5.41, 5.74) is 2.67. The minimum absolute atomic E-state index is 0.00203. The van der Waals surface area contributed by atoms with Crippen LogP contribution in [-0.4, -0.2) is 27.8 Å². The van der Waals surface area contributed by atoms with Crippen LogP contribution in [0.4, 0.5) is 5.69 Å². The average Bonchev–Trinajstić information content (AvgIpc) is 3.32. The van der Waals surface area contributed by atoms with Gasteiger partial charge < -0.3 is 14.5 Å². The number of thiophene rings is 1. The summed E-state index contributed by atoms with van der Waals surface area (Å²) in [6, 6.07) is 9.25. The van der Waals surface area contributed by atoms with Crippen molar-refractivity contribution in [2.24, 2.45) is 0 Å². The van der Waals surface area contributed by atoms with Crippen molar-refractivity contribution >= 4 is 28.9 Å². The number of carbonyl (C=O) groups excluding carboxylic acids is 2. The van der Waals surface area contributed by atoms with Crippen molar-refractivity contribution in [2.45, 2.75) is 39.8 Å². The molecular weight excluding hydrogens is 394 g/mol. The molecule has 152 valence electrons. The number of rotatable bonds is 7. The summed E-state index contributed by atoms with van der Waals surface area (Å²) in [6.07, 6.45) is -1.09. The Labute approximate surface area is 171 Å². The molecule has 0 aliphatic carbocycles. The molecule has 2 heterocycles. The highest BCUT2D eigenvalue weighted by Gasteiger charge is 2.19. The molecule has 1 amide bonds. The molecule has 0 aliphatic heterocycles. The van der Waals surface area contributed by atoms with E-state index in [1.54, 1.807) is 12.1 Å². The van der Waals surface area contributed by atoms with E-state index in [4.69, 9.17) is 9.15 Å². The Hall–Kier alpha value is -3.20. The zero-order valence-electron chi connectivity index (χ0n) is 16.3. The molecule has 0 aliphatic rings. The Bertz CT molecular complexity index is 1070. The molecule has 0 saturated heterocycles. The second kappa shape index (κ2) is 8.87. The van der Waals surface area contributed by atoms with Gasteiger partial charge in [-0.3, -0.25) is 9.59 Å². The number of aryl methyl sites for hydroxylation is 3. The van der Waals surface area contributed by atoms with E-state index < -0.39 is 23.7 Å². The molecule has 1 atom stereocenters. The average molecular weight is 415 g/mol. The lowest BCUT2D eigenvalue weighted by atomic mass is 10.1. The Kier molecular flexibility index (Phi) is 6.28. The third-order valence-corrected chi connectivity index (χ3v) is 5.04. The fourth-order valence-corrected chi connectivity index (χ4v) is 3.29. The Morgan fingerprint density at radius 3 is 2.79 bits per heavy atom. The second-order valence-electron chi connectivity index (χ2n) is 6.56. The third kappa shape index (κ3) is 5.20. The van der Waals surface area contributed by atoms with Crippen molar-refractivity contribution in [1.82, 2.24) is 9.78 Å². The number of nitrogens with one attached hydrogen (secondary N) is 1. The molecule has 0 saturated carbocycles. The number of hydrogen-bond acceptors (Lipinski definition) is 7. The smallest absolute Gasteiger partial charge is 0.437 e. The predicted octanol–water partition coefficient (Wildman–Crippen LogP) is 3.14. The van der Waals surface area contributed by atoms with Gasteiger partial charge in [0.2, 0.25) is 0 Å². The Morgan fingerprint density at radius 1 is 1.31 bits per heavy atom. The first-order valence-corrected chi connectivity index (χ1v) is 9.91. The van der Waals surface area contributed by atoms with E-state index in [1.165, 1.54) is 18.3 Å². The number of benzene rings is 1. The summed E-state index contributed by atoms with van der Waals surface area (Å²) >= 11 is 1.39. The van der Waals surface area contributed by atoms with Crippen LogP contribution in [0, 0.1) is 13.8 Å². The van der Waals surface area contributed by atoms with Crippen molar-refractivity contribution in [3.8, 4) is 10.8 Å². The topological polar surface area (TPSA) is 103 Å². The summed E-state index contributed by atoms with van der Waals surface area (Å²) in [5, 5.41) is 8.66. The van der Waals surface area contributed by atoms with Crippen LogP contribution in [0.2, 0.25) is 0 Å². The first-order chi connectivity index (χ1) is 13.8. The summed E-state index contributed by atoms with van der Waals surface area (Å²) in [7, 11) is 0. The zero-order valence-corrected chi connectivity index (χ0v) is 17.1. The number of amides is 1. The van der Waals surface area contributed by atoms with E-state index in [9.17, 15) is 14.4 Å². The van der Waals surface area contributed by atoms with Crippen molar-refractivity contribution in [3.05, 3.63) is 57.4 Å². The molecule has 1 aromatic carbocycles. The van der Waals surface area contributed by atoms with Crippen LogP contribution in [0.25, 0.3) is 10.8 Å². The van der Waals surface area contributed by atoms with Crippen molar-refractivity contribution in [1.29, 1.82) is 0 Å². The molecule has 3 aromatic rings. The summed E-state index contributed by atoms with van der Waals surface area (Å²) in [6.45, 7) is 5.35. The summed E-state index contributed by atoms with van der Waals surface area (Å²) in [4.78, 5) is 36.9. The molecule has 29 heavy (non-hydrogen) atoms. The van der Waals surface area contributed by atoms with Crippen LogP contribution in [0.15, 0.2) is 44.9 Å². The van der Waals surface area contributed by atoms with Gasteiger partial charge in [-0.25, -0.2) is 4.79 Å². The number of nitrogens with zero attached hydrogens (tertiary/aromatic N) is 2. The number of aromatic nitrogens is 2. The van der Waals surface area contributed by atoms with Gasteiger partial charge in [0.1, 0.15) is 0 Å². The van der Waals surface area contributed by atoms with E-state index >= 15 is 0 Å². The highest BCUT2D eigenvalue weighted by Crippen LogP contribution is 2.21. The number of ether oxygens (including phenoxy) is 1. The van der Waals surface area contributed by atoms with Crippen LogP contribution in [0.1, 0.15) is 24.5 Å². The lowest BCUT2D eigenvalue weighted by molar-refractivity contribution is -0.153. The van der Waals surface area contributed by atoms with Crippen LogP contribution in [-0.2, 0) is 20.9 Å². The molecule has 1 N–H and O–H groups in total. The van der Waals surface area contributed by atoms with E-state index in [0.29, 0.717) is 5.69 Å². The fourth-order valence-electron chi connectivity index (χ4n) is 2.64. The molecule has 0 spiro atoms. The highest BCUT2D eigenvalue weighted by atomic mass is 32.1. The van der Waals surface area contributed by atoms with Gasteiger partial charge in [0.15, 0.2) is 6.10 Å².